The molecule has 0 aromatic heterocycles. The van der Waals surface area contributed by atoms with Gasteiger partial charge in [-0.15, -0.1) is 0 Å². The van der Waals surface area contributed by atoms with E-state index >= 15 is 0 Å². The van der Waals surface area contributed by atoms with Crippen LogP contribution in [0.25, 0.3) is 0 Å². The smallest absolute Gasteiger partial charge is 0.361 e. The number of hydrogen-bond acceptors (Lipinski definition) is 1. The zero-order chi connectivity index (χ0) is 18.7. The second-order valence-electron chi connectivity index (χ2n) is 4.31. The first-order chi connectivity index (χ1) is 10.1. The summed E-state index contributed by atoms with van der Waals surface area (Å²) in [6, 6.07) is 0. The van der Waals surface area contributed by atoms with Crippen molar-refractivity contribution < 1.29 is 57.4 Å². The lowest BCUT2D eigenvalue weighted by Crippen LogP contribution is -2.55. The molecule has 2 atom stereocenters. The number of ether oxygens (including phenoxy) is 1. The minimum Gasteiger partial charge on any atom is -0.361 e. The summed E-state index contributed by atoms with van der Waals surface area (Å²) in [5, 5.41) is 0. The standard InChI is InChI=1S/C10H10F12O/c11-3-1-5(7(13,14)9(17,18)19)23-6(2-4-12)8(15,16)10(20,21)22/h5-6H,1-4H2. The van der Waals surface area contributed by atoms with Gasteiger partial charge in [-0.3, -0.25) is 8.78 Å². The molecule has 13 heteroatoms. The molecule has 1 nitrogen and oxygen atoms in total. The van der Waals surface area contributed by atoms with E-state index in [-0.39, 0.29) is 0 Å². The maximum atomic E-state index is 13.0. The lowest BCUT2D eigenvalue weighted by molar-refractivity contribution is -0.358. The minimum atomic E-state index is -6.39. The molecule has 2 unspecified atom stereocenters. The molecule has 0 amide bonds. The summed E-state index contributed by atoms with van der Waals surface area (Å²) in [6.07, 6.45) is -23.7. The molecule has 23 heavy (non-hydrogen) atoms. The molecular weight excluding hydrogens is 364 g/mol. The third-order valence-electron chi connectivity index (χ3n) is 2.64. The van der Waals surface area contributed by atoms with Crippen molar-refractivity contribution in [2.24, 2.45) is 0 Å². The zero-order valence-corrected chi connectivity index (χ0v) is 10.9. The second-order valence-corrected chi connectivity index (χ2v) is 4.31. The molecule has 0 aliphatic heterocycles. The van der Waals surface area contributed by atoms with Crippen LogP contribution in [-0.4, -0.2) is 49.8 Å². The van der Waals surface area contributed by atoms with E-state index in [9.17, 15) is 52.7 Å². The summed E-state index contributed by atoms with van der Waals surface area (Å²) in [6.45, 7) is -3.84. The van der Waals surface area contributed by atoms with E-state index in [1.54, 1.807) is 0 Å². The van der Waals surface area contributed by atoms with E-state index in [0.29, 0.717) is 0 Å². The summed E-state index contributed by atoms with van der Waals surface area (Å²) >= 11 is 0. The average molecular weight is 374 g/mol. The van der Waals surface area contributed by atoms with Gasteiger partial charge in [0.1, 0.15) is 12.2 Å². The van der Waals surface area contributed by atoms with Crippen LogP contribution >= 0.6 is 0 Å². The van der Waals surface area contributed by atoms with Crippen LogP contribution < -0.4 is 0 Å². The molecule has 0 spiro atoms. The predicted molar refractivity (Wildman–Crippen MR) is 51.8 cm³/mol. The maximum absolute atomic E-state index is 13.0. The third kappa shape index (κ3) is 5.05. The Morgan fingerprint density at radius 2 is 0.826 bits per heavy atom. The topological polar surface area (TPSA) is 9.23 Å². The summed E-state index contributed by atoms with van der Waals surface area (Å²) < 4.78 is 153. The van der Waals surface area contributed by atoms with Gasteiger partial charge < -0.3 is 4.74 Å². The van der Waals surface area contributed by atoms with E-state index in [1.807, 2.05) is 0 Å². The van der Waals surface area contributed by atoms with Gasteiger partial charge in [-0.25, -0.2) is 0 Å². The molecule has 0 aliphatic carbocycles. The van der Waals surface area contributed by atoms with Gasteiger partial charge in [0.25, 0.3) is 0 Å². The van der Waals surface area contributed by atoms with Crippen LogP contribution in [0.1, 0.15) is 12.8 Å². The van der Waals surface area contributed by atoms with Gasteiger partial charge in [0.2, 0.25) is 0 Å². The van der Waals surface area contributed by atoms with Crippen LogP contribution in [0.4, 0.5) is 52.7 Å². The zero-order valence-electron chi connectivity index (χ0n) is 10.9. The lowest BCUT2D eigenvalue weighted by atomic mass is 10.1. The largest absolute Gasteiger partial charge is 0.456 e. The van der Waals surface area contributed by atoms with Crippen molar-refractivity contribution in [2.45, 2.75) is 49.2 Å². The van der Waals surface area contributed by atoms with Gasteiger partial charge in [0, 0.05) is 12.8 Å². The highest BCUT2D eigenvalue weighted by Crippen LogP contribution is 2.45. The van der Waals surface area contributed by atoms with Crippen molar-refractivity contribution in [3.05, 3.63) is 0 Å². The van der Waals surface area contributed by atoms with Gasteiger partial charge in [0.05, 0.1) is 13.3 Å². The van der Waals surface area contributed by atoms with Gasteiger partial charge in [0.15, 0.2) is 0 Å². The van der Waals surface area contributed by atoms with Crippen molar-refractivity contribution in [3.8, 4) is 0 Å². The van der Waals surface area contributed by atoms with Crippen molar-refractivity contribution >= 4 is 0 Å². The molecule has 0 heterocycles. The summed E-state index contributed by atoms with van der Waals surface area (Å²) in [5.74, 6) is -11.8. The molecule has 0 rings (SSSR count). The summed E-state index contributed by atoms with van der Waals surface area (Å²) in [5.41, 5.74) is 0. The molecule has 0 saturated carbocycles. The van der Waals surface area contributed by atoms with Crippen LogP contribution in [0.3, 0.4) is 0 Å². The van der Waals surface area contributed by atoms with Crippen molar-refractivity contribution in [2.75, 3.05) is 13.3 Å². The quantitative estimate of drug-likeness (QED) is 0.552. The van der Waals surface area contributed by atoms with Crippen LogP contribution in [0.2, 0.25) is 0 Å². The Bertz CT molecular complexity index is 326. The van der Waals surface area contributed by atoms with Crippen molar-refractivity contribution in [1.82, 2.24) is 0 Å². The average Bonchev–Trinajstić information content (AvgIpc) is 2.34. The highest BCUT2D eigenvalue weighted by Gasteiger charge is 2.67. The minimum absolute atomic E-state index is 1.82. The summed E-state index contributed by atoms with van der Waals surface area (Å²) in [4.78, 5) is 0. The molecule has 0 aromatic carbocycles. The first-order valence-corrected chi connectivity index (χ1v) is 5.79. The Morgan fingerprint density at radius 1 is 0.565 bits per heavy atom. The van der Waals surface area contributed by atoms with E-state index in [1.165, 1.54) is 0 Å². The van der Waals surface area contributed by atoms with E-state index in [4.69, 9.17) is 0 Å². The SMILES string of the molecule is FCCC(OC(CCF)C(F)(F)C(F)(F)F)C(F)(F)C(F)(F)F. The molecule has 0 N–H and O–H groups in total. The Morgan fingerprint density at radius 3 is 1.00 bits per heavy atom. The first-order valence-electron chi connectivity index (χ1n) is 5.79. The van der Waals surface area contributed by atoms with Gasteiger partial charge in [-0.05, 0) is 0 Å². The molecule has 0 aromatic rings. The molecule has 0 radical (unpaired) electrons. The van der Waals surface area contributed by atoms with Gasteiger partial charge in [-0.1, -0.05) is 0 Å². The van der Waals surface area contributed by atoms with Crippen LogP contribution in [-0.2, 0) is 4.74 Å². The fourth-order valence-corrected chi connectivity index (χ4v) is 1.43. The predicted octanol–water partition coefficient (Wildman–Crippen LogP) is 4.85. The van der Waals surface area contributed by atoms with Crippen LogP contribution in [0, 0.1) is 0 Å². The molecule has 0 bridgehead atoms. The number of rotatable bonds is 8. The third-order valence-corrected chi connectivity index (χ3v) is 2.64. The molecule has 0 fully saturated rings. The fraction of sp³-hybridized carbons (Fsp3) is 1.00. The highest BCUT2D eigenvalue weighted by molar-refractivity contribution is 4.91. The van der Waals surface area contributed by atoms with Gasteiger partial charge in [-0.2, -0.15) is 43.9 Å². The lowest BCUT2D eigenvalue weighted by Gasteiger charge is -2.34. The highest BCUT2D eigenvalue weighted by atomic mass is 19.4. The molecule has 0 saturated heterocycles. The molecular formula is C10H10F12O. The first kappa shape index (κ1) is 22.1. The monoisotopic (exact) mass is 374 g/mol. The molecule has 140 valence electrons. The van der Waals surface area contributed by atoms with Crippen molar-refractivity contribution in [3.63, 3.8) is 0 Å². The summed E-state index contributed by atoms with van der Waals surface area (Å²) in [7, 11) is 0. The van der Waals surface area contributed by atoms with E-state index in [0.717, 1.165) is 0 Å². The Labute approximate surface area is 121 Å². The maximum Gasteiger partial charge on any atom is 0.456 e. The van der Waals surface area contributed by atoms with Crippen molar-refractivity contribution in [1.29, 1.82) is 0 Å². The Balaban J connectivity index is 5.59. The van der Waals surface area contributed by atoms with E-state index in [2.05, 4.69) is 4.74 Å². The second kappa shape index (κ2) is 7.34. The fourth-order valence-electron chi connectivity index (χ4n) is 1.43. The van der Waals surface area contributed by atoms with Crippen LogP contribution in [0.15, 0.2) is 0 Å². The van der Waals surface area contributed by atoms with Gasteiger partial charge >= 0.3 is 24.2 Å². The van der Waals surface area contributed by atoms with E-state index < -0.39 is 62.6 Å². The Hall–Kier alpha value is -0.880. The normalized spacial score (nSPS) is 17.2. The Kier molecular flexibility index (Phi) is 7.06. The number of halogens is 12. The molecule has 0 aliphatic rings. The van der Waals surface area contributed by atoms with Crippen LogP contribution in [0.5, 0.6) is 0 Å². The number of alkyl halides is 12. The number of hydrogen-bond donors (Lipinski definition) is 0.